The predicted octanol–water partition coefficient (Wildman–Crippen LogP) is 3.62. The summed E-state index contributed by atoms with van der Waals surface area (Å²) >= 11 is 0. The maximum absolute atomic E-state index is 12.4. The number of hydrogen-bond donors (Lipinski definition) is 0. The first-order chi connectivity index (χ1) is 12.6. The van der Waals surface area contributed by atoms with Gasteiger partial charge in [0, 0.05) is 17.8 Å². The number of hydrogen-bond acceptors (Lipinski definition) is 4. The van der Waals surface area contributed by atoms with Gasteiger partial charge >= 0.3 is 6.61 Å². The van der Waals surface area contributed by atoms with E-state index in [2.05, 4.69) is 9.89 Å². The third kappa shape index (κ3) is 4.36. The van der Waals surface area contributed by atoms with Crippen molar-refractivity contribution in [2.75, 3.05) is 18.1 Å². The second-order valence-corrected chi connectivity index (χ2v) is 5.70. The Kier molecular flexibility index (Phi) is 5.78. The van der Waals surface area contributed by atoms with Gasteiger partial charge in [0.25, 0.3) is 5.91 Å². The summed E-state index contributed by atoms with van der Waals surface area (Å²) in [6, 6.07) is 14.0. The molecular formula is C19H18F2N2O3. The molecule has 0 spiro atoms. The number of nitrogens with zero attached hydrogens (tertiary/aromatic N) is 2. The van der Waals surface area contributed by atoms with Crippen molar-refractivity contribution in [2.24, 2.45) is 5.16 Å². The van der Waals surface area contributed by atoms with Crippen molar-refractivity contribution in [3.8, 4) is 5.75 Å². The zero-order valence-corrected chi connectivity index (χ0v) is 14.0. The fourth-order valence-corrected chi connectivity index (χ4v) is 2.85. The van der Waals surface area contributed by atoms with E-state index in [1.165, 1.54) is 12.3 Å². The highest BCUT2D eigenvalue weighted by Gasteiger charge is 2.22. The number of amides is 1. The Morgan fingerprint density at radius 2 is 1.96 bits per heavy atom. The van der Waals surface area contributed by atoms with Crippen LogP contribution in [0.4, 0.5) is 14.5 Å². The fourth-order valence-electron chi connectivity index (χ4n) is 2.85. The van der Waals surface area contributed by atoms with Crippen LogP contribution in [0.3, 0.4) is 0 Å². The van der Waals surface area contributed by atoms with Gasteiger partial charge in [-0.15, -0.1) is 0 Å². The lowest BCUT2D eigenvalue weighted by Crippen LogP contribution is -2.37. The molecule has 1 aliphatic heterocycles. The molecule has 1 amide bonds. The van der Waals surface area contributed by atoms with E-state index in [-0.39, 0.29) is 18.3 Å². The molecule has 5 nitrogen and oxygen atoms in total. The average Bonchev–Trinajstić information content (AvgIpc) is 2.65. The molecule has 0 unspecified atom stereocenters. The van der Waals surface area contributed by atoms with Crippen molar-refractivity contribution in [1.29, 1.82) is 0 Å². The second-order valence-electron chi connectivity index (χ2n) is 5.70. The summed E-state index contributed by atoms with van der Waals surface area (Å²) < 4.78 is 29.1. The van der Waals surface area contributed by atoms with Crippen LogP contribution in [0.25, 0.3) is 0 Å². The Morgan fingerprint density at radius 3 is 2.81 bits per heavy atom. The first-order valence-corrected chi connectivity index (χ1v) is 8.22. The van der Waals surface area contributed by atoms with Crippen LogP contribution < -0.4 is 9.64 Å². The van der Waals surface area contributed by atoms with Gasteiger partial charge in [-0.2, -0.15) is 8.78 Å². The van der Waals surface area contributed by atoms with E-state index in [0.29, 0.717) is 12.1 Å². The largest absolute Gasteiger partial charge is 0.434 e. The minimum atomic E-state index is -2.92. The van der Waals surface area contributed by atoms with Gasteiger partial charge in [0.15, 0.2) is 6.61 Å². The number of halogens is 2. The smallest absolute Gasteiger partial charge is 0.387 e. The van der Waals surface area contributed by atoms with Crippen LogP contribution in [0.2, 0.25) is 0 Å². The van der Waals surface area contributed by atoms with Gasteiger partial charge in [0.05, 0.1) is 6.21 Å². The first-order valence-electron chi connectivity index (χ1n) is 8.22. The number of alkyl halides is 2. The first kappa shape index (κ1) is 17.8. The Bertz CT molecular complexity index is 796. The molecular weight excluding hydrogens is 342 g/mol. The van der Waals surface area contributed by atoms with Crippen molar-refractivity contribution in [1.82, 2.24) is 0 Å². The monoisotopic (exact) mass is 360 g/mol. The predicted molar refractivity (Wildman–Crippen MR) is 93.7 cm³/mol. The molecule has 0 atom stereocenters. The minimum absolute atomic E-state index is 0.00821. The van der Waals surface area contributed by atoms with Crippen molar-refractivity contribution in [3.05, 3.63) is 59.7 Å². The SMILES string of the molecule is O=C(CO/N=C/c1ccccc1OC(F)F)N1CCCc2ccccc21. The van der Waals surface area contributed by atoms with Gasteiger partial charge in [0.2, 0.25) is 0 Å². The summed E-state index contributed by atoms with van der Waals surface area (Å²) in [5.41, 5.74) is 2.37. The molecule has 7 heteroatoms. The molecule has 0 bridgehead atoms. The molecule has 0 saturated carbocycles. The molecule has 1 heterocycles. The summed E-state index contributed by atoms with van der Waals surface area (Å²) in [4.78, 5) is 19.1. The third-order valence-electron chi connectivity index (χ3n) is 4.00. The van der Waals surface area contributed by atoms with Gasteiger partial charge in [0.1, 0.15) is 5.75 Å². The van der Waals surface area contributed by atoms with E-state index in [0.717, 1.165) is 24.1 Å². The molecule has 2 aromatic rings. The maximum atomic E-state index is 12.4. The summed E-state index contributed by atoms with van der Waals surface area (Å²) in [5, 5.41) is 3.70. The van der Waals surface area contributed by atoms with Crippen LogP contribution >= 0.6 is 0 Å². The number of rotatable bonds is 6. The fraction of sp³-hybridized carbons (Fsp3) is 0.263. The van der Waals surface area contributed by atoms with Crippen LogP contribution in [0.15, 0.2) is 53.7 Å². The zero-order valence-electron chi connectivity index (χ0n) is 14.0. The molecule has 136 valence electrons. The van der Waals surface area contributed by atoms with Gasteiger partial charge in [-0.05, 0) is 36.6 Å². The molecule has 3 rings (SSSR count). The highest BCUT2D eigenvalue weighted by atomic mass is 19.3. The van der Waals surface area contributed by atoms with Crippen LogP contribution in [0.1, 0.15) is 17.5 Å². The quantitative estimate of drug-likeness (QED) is 0.584. The van der Waals surface area contributed by atoms with Crippen LogP contribution in [-0.4, -0.2) is 31.9 Å². The lowest BCUT2D eigenvalue weighted by atomic mass is 10.0. The lowest BCUT2D eigenvalue weighted by molar-refractivity contribution is -0.123. The number of para-hydroxylation sites is 2. The van der Waals surface area contributed by atoms with Crippen molar-refractivity contribution >= 4 is 17.8 Å². The molecule has 0 aliphatic carbocycles. The van der Waals surface area contributed by atoms with E-state index in [1.54, 1.807) is 23.1 Å². The summed E-state index contributed by atoms with van der Waals surface area (Å²) in [5.74, 6) is -0.211. The second kappa shape index (κ2) is 8.42. The summed E-state index contributed by atoms with van der Waals surface area (Å²) in [6.45, 7) is -2.53. The number of aryl methyl sites for hydroxylation is 1. The number of carbonyl (C=O) groups excluding carboxylic acids is 1. The Morgan fingerprint density at radius 1 is 1.19 bits per heavy atom. The van der Waals surface area contributed by atoms with Gasteiger partial charge < -0.3 is 14.5 Å². The molecule has 0 saturated heterocycles. The van der Waals surface area contributed by atoms with E-state index >= 15 is 0 Å². The van der Waals surface area contributed by atoms with Crippen LogP contribution in [-0.2, 0) is 16.1 Å². The summed E-state index contributed by atoms with van der Waals surface area (Å²) in [6.07, 6.45) is 3.08. The Labute approximate surface area is 149 Å². The van der Waals surface area contributed by atoms with E-state index < -0.39 is 6.61 Å². The van der Waals surface area contributed by atoms with Gasteiger partial charge in [-0.3, -0.25) is 4.79 Å². The van der Waals surface area contributed by atoms with Crippen LogP contribution in [0.5, 0.6) is 5.75 Å². The number of ether oxygens (including phenoxy) is 1. The lowest BCUT2D eigenvalue weighted by Gasteiger charge is -2.28. The molecule has 2 aromatic carbocycles. The van der Waals surface area contributed by atoms with Gasteiger partial charge in [-0.1, -0.05) is 35.5 Å². The van der Waals surface area contributed by atoms with Crippen molar-refractivity contribution < 1.29 is 23.1 Å². The number of oxime groups is 1. The Hall–Kier alpha value is -2.96. The highest BCUT2D eigenvalue weighted by molar-refractivity contribution is 5.95. The van der Waals surface area contributed by atoms with Gasteiger partial charge in [-0.25, -0.2) is 0 Å². The normalized spacial score (nSPS) is 13.7. The maximum Gasteiger partial charge on any atom is 0.387 e. The average molecular weight is 360 g/mol. The summed E-state index contributed by atoms with van der Waals surface area (Å²) in [7, 11) is 0. The topological polar surface area (TPSA) is 51.1 Å². The zero-order chi connectivity index (χ0) is 18.4. The third-order valence-corrected chi connectivity index (χ3v) is 4.00. The number of fused-ring (bicyclic) bond motifs is 1. The van der Waals surface area contributed by atoms with Crippen molar-refractivity contribution in [3.63, 3.8) is 0 Å². The molecule has 0 radical (unpaired) electrons. The Balaban J connectivity index is 1.59. The standard InChI is InChI=1S/C19H18F2N2O3/c20-19(21)26-17-10-4-2-7-15(17)12-22-25-13-18(24)23-11-5-8-14-6-1-3-9-16(14)23/h1-4,6-7,9-10,12,19H,5,8,11,13H2/b22-12+. The number of anilines is 1. The van der Waals surface area contributed by atoms with E-state index in [9.17, 15) is 13.6 Å². The minimum Gasteiger partial charge on any atom is -0.434 e. The molecule has 1 aliphatic rings. The molecule has 0 N–H and O–H groups in total. The number of benzene rings is 2. The van der Waals surface area contributed by atoms with E-state index in [1.807, 2.05) is 24.3 Å². The highest BCUT2D eigenvalue weighted by Crippen LogP contribution is 2.26. The number of carbonyl (C=O) groups is 1. The molecule has 0 aromatic heterocycles. The van der Waals surface area contributed by atoms with Crippen molar-refractivity contribution in [2.45, 2.75) is 19.5 Å². The van der Waals surface area contributed by atoms with Crippen LogP contribution in [0, 0.1) is 0 Å². The molecule has 26 heavy (non-hydrogen) atoms. The molecule has 0 fully saturated rings. The van der Waals surface area contributed by atoms with E-state index in [4.69, 9.17) is 4.84 Å².